The zero-order valence-corrected chi connectivity index (χ0v) is 15.8. The Bertz CT molecular complexity index is 817. The average Bonchev–Trinajstić information content (AvgIpc) is 2.66. The molecular formula is C23H23F5. The van der Waals surface area contributed by atoms with Crippen LogP contribution in [0.1, 0.15) is 61.6 Å². The van der Waals surface area contributed by atoms with Crippen LogP contribution in [0.5, 0.6) is 0 Å². The van der Waals surface area contributed by atoms with Gasteiger partial charge in [0, 0.05) is 5.56 Å². The first kappa shape index (κ1) is 20.6. The number of hydrogen-bond donors (Lipinski definition) is 0. The van der Waals surface area contributed by atoms with Gasteiger partial charge in [0.1, 0.15) is 11.6 Å². The van der Waals surface area contributed by atoms with Crippen LogP contribution in [0, 0.1) is 35.0 Å². The summed E-state index contributed by atoms with van der Waals surface area (Å²) in [6.45, 7) is 1.95. The molecule has 0 atom stereocenters. The topological polar surface area (TPSA) is 0 Å². The van der Waals surface area contributed by atoms with Crippen LogP contribution in [0.2, 0.25) is 0 Å². The summed E-state index contributed by atoms with van der Waals surface area (Å²) in [5.41, 5.74) is 1.07. The van der Waals surface area contributed by atoms with E-state index in [-0.39, 0.29) is 17.4 Å². The number of rotatable bonds is 5. The molecular weight excluding hydrogens is 371 g/mol. The molecule has 0 bridgehead atoms. The number of benzene rings is 2. The van der Waals surface area contributed by atoms with Gasteiger partial charge in [-0.1, -0.05) is 25.5 Å². The minimum Gasteiger partial charge on any atom is -0.206 e. The maximum atomic E-state index is 14.2. The van der Waals surface area contributed by atoms with Crippen LogP contribution in [0.15, 0.2) is 30.3 Å². The summed E-state index contributed by atoms with van der Waals surface area (Å²) in [5.74, 6) is -4.83. The molecule has 0 unspecified atom stereocenters. The second-order valence-electron chi connectivity index (χ2n) is 7.49. The van der Waals surface area contributed by atoms with Crippen LogP contribution in [-0.4, -0.2) is 0 Å². The highest BCUT2D eigenvalue weighted by molar-refractivity contribution is 5.52. The first-order valence-corrected chi connectivity index (χ1v) is 9.69. The molecule has 0 radical (unpaired) electrons. The fourth-order valence-electron chi connectivity index (χ4n) is 3.92. The first-order valence-electron chi connectivity index (χ1n) is 9.69. The summed E-state index contributed by atoms with van der Waals surface area (Å²) in [5, 5.41) is 0. The molecule has 3 rings (SSSR count). The highest BCUT2D eigenvalue weighted by atomic mass is 19.2. The van der Waals surface area contributed by atoms with E-state index in [0.29, 0.717) is 30.4 Å². The third-order valence-corrected chi connectivity index (χ3v) is 5.46. The SMILES string of the molecule is CCCc1cc(F)c(C=CC2CCC(c3cc(F)c(F)c(F)c3)CC2)c(F)c1. The summed E-state index contributed by atoms with van der Waals surface area (Å²) >= 11 is 0. The normalized spacial score (nSPS) is 20.1. The lowest BCUT2D eigenvalue weighted by Crippen LogP contribution is -2.12. The highest BCUT2D eigenvalue weighted by Gasteiger charge is 2.23. The molecule has 2 aromatic carbocycles. The monoisotopic (exact) mass is 394 g/mol. The summed E-state index contributed by atoms with van der Waals surface area (Å²) in [6, 6.07) is 4.87. The van der Waals surface area contributed by atoms with E-state index in [1.165, 1.54) is 18.2 Å². The van der Waals surface area contributed by atoms with Gasteiger partial charge in [-0.05, 0) is 79.3 Å². The third kappa shape index (κ3) is 4.62. The number of aryl methyl sites for hydroxylation is 1. The zero-order chi connectivity index (χ0) is 20.3. The molecule has 2 aromatic rings. The van der Waals surface area contributed by atoms with Gasteiger partial charge in [-0.3, -0.25) is 0 Å². The molecule has 28 heavy (non-hydrogen) atoms. The Kier molecular flexibility index (Phi) is 6.53. The molecule has 1 aliphatic carbocycles. The Morgan fingerprint density at radius 1 is 0.821 bits per heavy atom. The minimum absolute atomic E-state index is 0.0374. The Labute approximate surface area is 162 Å². The molecule has 0 nitrogen and oxygen atoms in total. The third-order valence-electron chi connectivity index (χ3n) is 5.46. The van der Waals surface area contributed by atoms with Crippen LogP contribution >= 0.6 is 0 Å². The van der Waals surface area contributed by atoms with Crippen LogP contribution in [0.3, 0.4) is 0 Å². The molecule has 0 saturated heterocycles. The lowest BCUT2D eigenvalue weighted by Gasteiger charge is -2.27. The van der Waals surface area contributed by atoms with Crippen molar-refractivity contribution in [3.63, 3.8) is 0 Å². The smallest absolute Gasteiger partial charge is 0.194 e. The lowest BCUT2D eigenvalue weighted by molar-refractivity contribution is 0.372. The number of hydrogen-bond acceptors (Lipinski definition) is 0. The van der Waals surface area contributed by atoms with Gasteiger partial charge in [-0.2, -0.15) is 0 Å². The molecule has 0 aliphatic heterocycles. The van der Waals surface area contributed by atoms with Gasteiger partial charge in [0.15, 0.2) is 17.5 Å². The molecule has 150 valence electrons. The second-order valence-corrected chi connectivity index (χ2v) is 7.49. The minimum atomic E-state index is -1.45. The second kappa shape index (κ2) is 8.89. The maximum Gasteiger partial charge on any atom is 0.194 e. The summed E-state index contributed by atoms with van der Waals surface area (Å²) in [4.78, 5) is 0. The summed E-state index contributed by atoms with van der Waals surface area (Å²) < 4.78 is 68.4. The molecule has 1 aliphatic rings. The van der Waals surface area contributed by atoms with Crippen molar-refractivity contribution in [2.45, 2.75) is 51.4 Å². The van der Waals surface area contributed by atoms with Gasteiger partial charge in [-0.15, -0.1) is 0 Å². The summed E-state index contributed by atoms with van der Waals surface area (Å²) in [7, 11) is 0. The molecule has 0 spiro atoms. The van der Waals surface area contributed by atoms with Crippen molar-refractivity contribution in [3.8, 4) is 0 Å². The van der Waals surface area contributed by atoms with Gasteiger partial charge >= 0.3 is 0 Å². The van der Waals surface area contributed by atoms with Crippen molar-refractivity contribution >= 4 is 6.08 Å². The van der Waals surface area contributed by atoms with E-state index >= 15 is 0 Å². The molecule has 0 N–H and O–H groups in total. The van der Waals surface area contributed by atoms with E-state index in [1.807, 2.05) is 13.0 Å². The van der Waals surface area contributed by atoms with Crippen LogP contribution in [0.25, 0.3) is 6.08 Å². The molecule has 1 saturated carbocycles. The molecule has 0 heterocycles. The van der Waals surface area contributed by atoms with Crippen molar-refractivity contribution in [2.75, 3.05) is 0 Å². The molecule has 5 heteroatoms. The maximum absolute atomic E-state index is 14.2. The summed E-state index contributed by atoms with van der Waals surface area (Å²) in [6.07, 6.45) is 7.58. The predicted octanol–water partition coefficient (Wildman–Crippen LogP) is 7.32. The van der Waals surface area contributed by atoms with E-state index in [0.717, 1.165) is 31.4 Å². The first-order chi connectivity index (χ1) is 13.4. The van der Waals surface area contributed by atoms with Crippen molar-refractivity contribution < 1.29 is 22.0 Å². The predicted molar refractivity (Wildman–Crippen MR) is 100 cm³/mol. The number of halogens is 5. The Balaban J connectivity index is 1.65. The van der Waals surface area contributed by atoms with Gasteiger partial charge in [-0.25, -0.2) is 22.0 Å². The Hall–Kier alpha value is -2.17. The Morgan fingerprint density at radius 3 is 1.93 bits per heavy atom. The molecule has 0 aromatic heterocycles. The van der Waals surface area contributed by atoms with E-state index in [1.54, 1.807) is 0 Å². The van der Waals surface area contributed by atoms with Crippen molar-refractivity contribution in [1.82, 2.24) is 0 Å². The van der Waals surface area contributed by atoms with Gasteiger partial charge in [0.25, 0.3) is 0 Å². The highest BCUT2D eigenvalue weighted by Crippen LogP contribution is 2.37. The average molecular weight is 394 g/mol. The van der Waals surface area contributed by atoms with Crippen LogP contribution in [-0.2, 0) is 6.42 Å². The van der Waals surface area contributed by atoms with Crippen molar-refractivity contribution in [2.24, 2.45) is 5.92 Å². The van der Waals surface area contributed by atoms with E-state index in [9.17, 15) is 22.0 Å². The lowest BCUT2D eigenvalue weighted by atomic mass is 9.78. The zero-order valence-electron chi connectivity index (χ0n) is 15.8. The van der Waals surface area contributed by atoms with Crippen LogP contribution < -0.4 is 0 Å². The van der Waals surface area contributed by atoms with E-state index < -0.39 is 29.1 Å². The van der Waals surface area contributed by atoms with E-state index in [2.05, 4.69) is 0 Å². The fraction of sp³-hybridized carbons (Fsp3) is 0.391. The number of allylic oxidation sites excluding steroid dienone is 1. The van der Waals surface area contributed by atoms with Gasteiger partial charge in [0.2, 0.25) is 0 Å². The van der Waals surface area contributed by atoms with Crippen molar-refractivity contribution in [3.05, 3.63) is 76.1 Å². The van der Waals surface area contributed by atoms with Crippen LogP contribution in [0.4, 0.5) is 22.0 Å². The fourth-order valence-corrected chi connectivity index (χ4v) is 3.92. The molecule has 0 amide bonds. The molecule has 1 fully saturated rings. The largest absolute Gasteiger partial charge is 0.206 e. The van der Waals surface area contributed by atoms with E-state index in [4.69, 9.17) is 0 Å². The van der Waals surface area contributed by atoms with Gasteiger partial charge < -0.3 is 0 Å². The Morgan fingerprint density at radius 2 is 1.39 bits per heavy atom. The van der Waals surface area contributed by atoms with Gasteiger partial charge in [0.05, 0.1) is 0 Å². The quantitative estimate of drug-likeness (QED) is 0.368. The van der Waals surface area contributed by atoms with Crippen molar-refractivity contribution in [1.29, 1.82) is 0 Å². The standard InChI is InChI=1S/C23H23F5/c1-2-3-15-10-19(24)18(20(25)11-15)9-6-14-4-7-16(8-5-14)17-12-21(26)23(28)22(27)13-17/h6,9-14,16H,2-5,7-8H2,1H3.